The van der Waals surface area contributed by atoms with Crippen molar-refractivity contribution in [1.82, 2.24) is 5.32 Å². The van der Waals surface area contributed by atoms with Crippen LogP contribution in [0.15, 0.2) is 12.2 Å². The lowest BCUT2D eigenvalue weighted by Gasteiger charge is -2.12. The molecule has 1 heterocycles. The van der Waals surface area contributed by atoms with Gasteiger partial charge in [0.15, 0.2) is 5.78 Å². The van der Waals surface area contributed by atoms with Gasteiger partial charge in [0.1, 0.15) is 0 Å². The zero-order chi connectivity index (χ0) is 13.2. The summed E-state index contributed by atoms with van der Waals surface area (Å²) < 4.78 is 0. The molecule has 2 nitrogen and oxygen atoms in total. The molecular formula is C16H29NO. The van der Waals surface area contributed by atoms with Gasteiger partial charge in [0.25, 0.3) is 0 Å². The highest BCUT2D eigenvalue weighted by Gasteiger charge is 2.12. The average Bonchev–Trinajstić information content (AvgIpc) is 2.88. The number of unbranched alkanes of at least 4 members (excludes halogenated alkanes) is 2. The lowest BCUT2D eigenvalue weighted by atomic mass is 9.93. The Balaban J connectivity index is 2.23. The molecule has 2 heteroatoms. The Hall–Kier alpha value is -0.630. The fourth-order valence-corrected chi connectivity index (χ4v) is 2.59. The number of ketones is 1. The van der Waals surface area contributed by atoms with Gasteiger partial charge >= 0.3 is 0 Å². The molecule has 1 N–H and O–H groups in total. The van der Waals surface area contributed by atoms with E-state index in [1.54, 1.807) is 0 Å². The largest absolute Gasteiger partial charge is 0.311 e. The molecule has 0 spiro atoms. The molecule has 1 rings (SSSR count). The van der Waals surface area contributed by atoms with E-state index in [1.807, 2.05) is 6.08 Å². The normalized spacial score (nSPS) is 21.6. The Bertz CT molecular complexity index is 254. The molecule has 104 valence electrons. The van der Waals surface area contributed by atoms with Crippen molar-refractivity contribution in [3.05, 3.63) is 12.2 Å². The standard InChI is InChI=1S/C16H29NO/c1-3-5-6-8-14(4-2)13-16(18)11-10-15-9-7-12-17-15/h10-11,14-15,17H,3-9,12-13H2,1-2H3. The quantitative estimate of drug-likeness (QED) is 0.498. The second kappa shape index (κ2) is 9.32. The van der Waals surface area contributed by atoms with Crippen LogP contribution in [0.3, 0.4) is 0 Å². The van der Waals surface area contributed by atoms with Gasteiger partial charge in [-0.2, -0.15) is 0 Å². The summed E-state index contributed by atoms with van der Waals surface area (Å²) in [6.07, 6.45) is 13.2. The molecule has 0 saturated carbocycles. The topological polar surface area (TPSA) is 29.1 Å². The monoisotopic (exact) mass is 251 g/mol. The van der Waals surface area contributed by atoms with Gasteiger partial charge in [0.05, 0.1) is 0 Å². The number of hydrogen-bond donors (Lipinski definition) is 1. The van der Waals surface area contributed by atoms with E-state index in [0.29, 0.717) is 17.7 Å². The molecule has 2 atom stereocenters. The van der Waals surface area contributed by atoms with E-state index in [4.69, 9.17) is 0 Å². The minimum atomic E-state index is 0.312. The molecule has 1 aliphatic heterocycles. The zero-order valence-electron chi connectivity index (χ0n) is 12.1. The van der Waals surface area contributed by atoms with Crippen molar-refractivity contribution >= 4 is 5.78 Å². The molecule has 0 bridgehead atoms. The van der Waals surface area contributed by atoms with E-state index >= 15 is 0 Å². The molecule has 18 heavy (non-hydrogen) atoms. The summed E-state index contributed by atoms with van der Waals surface area (Å²) in [5, 5.41) is 3.38. The van der Waals surface area contributed by atoms with Crippen LogP contribution in [0, 0.1) is 5.92 Å². The summed E-state index contributed by atoms with van der Waals surface area (Å²) in [7, 11) is 0. The minimum Gasteiger partial charge on any atom is -0.311 e. The molecule has 0 aromatic carbocycles. The van der Waals surface area contributed by atoms with Gasteiger partial charge in [-0.25, -0.2) is 0 Å². The second-order valence-electron chi connectivity index (χ2n) is 5.50. The molecule has 0 radical (unpaired) electrons. The smallest absolute Gasteiger partial charge is 0.155 e. The zero-order valence-corrected chi connectivity index (χ0v) is 12.1. The average molecular weight is 251 g/mol. The lowest BCUT2D eigenvalue weighted by Crippen LogP contribution is -2.18. The van der Waals surface area contributed by atoms with E-state index in [2.05, 4.69) is 25.2 Å². The first-order valence-electron chi connectivity index (χ1n) is 7.70. The van der Waals surface area contributed by atoms with Crippen LogP contribution in [0.4, 0.5) is 0 Å². The Kier molecular flexibility index (Phi) is 7.99. The van der Waals surface area contributed by atoms with E-state index in [-0.39, 0.29) is 0 Å². The number of allylic oxidation sites excluding steroid dienone is 1. The third-order valence-corrected chi connectivity index (χ3v) is 3.90. The third kappa shape index (κ3) is 6.34. The van der Waals surface area contributed by atoms with Gasteiger partial charge in [-0.05, 0) is 31.4 Å². The first-order chi connectivity index (χ1) is 8.76. The Morgan fingerprint density at radius 2 is 2.22 bits per heavy atom. The van der Waals surface area contributed by atoms with Crippen molar-refractivity contribution in [1.29, 1.82) is 0 Å². The van der Waals surface area contributed by atoms with E-state index < -0.39 is 0 Å². The minimum absolute atomic E-state index is 0.312. The van der Waals surface area contributed by atoms with Crippen molar-refractivity contribution in [2.24, 2.45) is 5.92 Å². The summed E-state index contributed by atoms with van der Waals surface area (Å²) >= 11 is 0. The van der Waals surface area contributed by atoms with Crippen LogP contribution in [0.5, 0.6) is 0 Å². The lowest BCUT2D eigenvalue weighted by molar-refractivity contribution is -0.115. The van der Waals surface area contributed by atoms with Crippen LogP contribution in [0.1, 0.15) is 65.2 Å². The number of carbonyl (C=O) groups excluding carboxylic acids is 1. The van der Waals surface area contributed by atoms with Gasteiger partial charge in [-0.15, -0.1) is 0 Å². The van der Waals surface area contributed by atoms with Crippen molar-refractivity contribution in [2.75, 3.05) is 6.54 Å². The van der Waals surface area contributed by atoms with Crippen LogP contribution in [-0.4, -0.2) is 18.4 Å². The van der Waals surface area contributed by atoms with Gasteiger partial charge in [0.2, 0.25) is 0 Å². The van der Waals surface area contributed by atoms with Crippen molar-refractivity contribution < 1.29 is 4.79 Å². The van der Waals surface area contributed by atoms with Gasteiger partial charge in [-0.1, -0.05) is 52.0 Å². The molecule has 0 aromatic heterocycles. The molecule has 0 amide bonds. The number of carbonyl (C=O) groups is 1. The summed E-state index contributed by atoms with van der Waals surface area (Å²) in [6.45, 7) is 5.52. The summed E-state index contributed by atoms with van der Waals surface area (Å²) in [4.78, 5) is 11.9. The summed E-state index contributed by atoms with van der Waals surface area (Å²) in [5.41, 5.74) is 0. The number of nitrogens with one attached hydrogen (secondary N) is 1. The fourth-order valence-electron chi connectivity index (χ4n) is 2.59. The maximum atomic E-state index is 11.9. The van der Waals surface area contributed by atoms with Crippen molar-refractivity contribution in [2.45, 2.75) is 71.3 Å². The summed E-state index contributed by atoms with van der Waals surface area (Å²) in [5.74, 6) is 0.900. The first kappa shape index (κ1) is 15.4. The van der Waals surface area contributed by atoms with Gasteiger partial charge < -0.3 is 5.32 Å². The SMILES string of the molecule is CCCCCC(CC)CC(=O)C=CC1CCCN1. The highest BCUT2D eigenvalue weighted by atomic mass is 16.1. The molecule has 0 aliphatic carbocycles. The van der Waals surface area contributed by atoms with Gasteiger partial charge in [0, 0.05) is 12.5 Å². The number of hydrogen-bond acceptors (Lipinski definition) is 2. The molecule has 0 aromatic rings. The Morgan fingerprint density at radius 3 is 2.83 bits per heavy atom. The highest BCUT2D eigenvalue weighted by molar-refractivity contribution is 5.89. The van der Waals surface area contributed by atoms with Gasteiger partial charge in [-0.3, -0.25) is 4.79 Å². The van der Waals surface area contributed by atoms with E-state index in [9.17, 15) is 4.79 Å². The Morgan fingerprint density at radius 1 is 1.39 bits per heavy atom. The van der Waals surface area contributed by atoms with Crippen LogP contribution in [0.2, 0.25) is 0 Å². The van der Waals surface area contributed by atoms with Crippen LogP contribution in [0.25, 0.3) is 0 Å². The maximum absolute atomic E-state index is 11.9. The maximum Gasteiger partial charge on any atom is 0.155 e. The van der Waals surface area contributed by atoms with Crippen molar-refractivity contribution in [3.8, 4) is 0 Å². The van der Waals surface area contributed by atoms with Crippen molar-refractivity contribution in [3.63, 3.8) is 0 Å². The summed E-state index contributed by atoms with van der Waals surface area (Å²) in [6, 6.07) is 0.439. The van der Waals surface area contributed by atoms with E-state index in [1.165, 1.54) is 38.5 Å². The predicted octanol–water partition coefficient (Wildman–Crippen LogP) is 3.86. The van der Waals surface area contributed by atoms with Crippen LogP contribution < -0.4 is 5.32 Å². The molecule has 1 fully saturated rings. The fraction of sp³-hybridized carbons (Fsp3) is 0.812. The number of rotatable bonds is 9. The third-order valence-electron chi connectivity index (χ3n) is 3.90. The van der Waals surface area contributed by atoms with Crippen LogP contribution in [-0.2, 0) is 4.79 Å². The van der Waals surface area contributed by atoms with Crippen LogP contribution >= 0.6 is 0 Å². The molecule has 1 saturated heterocycles. The molecular weight excluding hydrogens is 222 g/mol. The first-order valence-corrected chi connectivity index (χ1v) is 7.70. The molecule has 2 unspecified atom stereocenters. The Labute approximate surface area is 112 Å². The second-order valence-corrected chi connectivity index (χ2v) is 5.50. The highest BCUT2D eigenvalue weighted by Crippen LogP contribution is 2.18. The predicted molar refractivity (Wildman–Crippen MR) is 77.7 cm³/mol. The van der Waals surface area contributed by atoms with E-state index in [0.717, 1.165) is 19.4 Å². The molecule has 1 aliphatic rings.